The van der Waals surface area contributed by atoms with Gasteiger partial charge in [0.15, 0.2) is 0 Å². The summed E-state index contributed by atoms with van der Waals surface area (Å²) in [5.74, 6) is -53.7. The largest absolute Gasteiger partial charge is 0.473 e. The zero-order chi connectivity index (χ0) is 30.2. The Balaban J connectivity index is 3.32. The summed E-state index contributed by atoms with van der Waals surface area (Å²) in [6, 6.07) is 7.39. The number of alkyl halides is 17. The molecule has 0 radical (unpaired) electrons. The van der Waals surface area contributed by atoms with Crippen LogP contribution in [0.25, 0.3) is 6.08 Å². The van der Waals surface area contributed by atoms with E-state index in [0.29, 0.717) is 11.6 Å². The minimum absolute atomic E-state index is 0.216. The average molecular weight is 592 g/mol. The summed E-state index contributed by atoms with van der Waals surface area (Å²) in [7, 11) is 0. The summed E-state index contributed by atoms with van der Waals surface area (Å²) in [5, 5.41) is 0. The number of carbonyl (C=O) groups is 1. The summed E-state index contributed by atoms with van der Waals surface area (Å²) in [4.78, 5) is 11.2. The van der Waals surface area contributed by atoms with Gasteiger partial charge in [0.1, 0.15) is 0 Å². The molecule has 2 nitrogen and oxygen atoms in total. The van der Waals surface area contributed by atoms with Crippen LogP contribution in [0.3, 0.4) is 0 Å². The first-order valence-electron chi connectivity index (χ1n) is 9.06. The highest BCUT2D eigenvalue weighted by molar-refractivity contribution is 5.82. The quantitative estimate of drug-likeness (QED) is 0.120. The van der Waals surface area contributed by atoms with Gasteiger partial charge in [0.25, 0.3) is 0 Å². The highest BCUT2D eigenvalue weighted by Crippen LogP contribution is 2.64. The zero-order valence-corrected chi connectivity index (χ0v) is 17.4. The second-order valence-corrected chi connectivity index (χ2v) is 7.01. The van der Waals surface area contributed by atoms with Gasteiger partial charge in [0.05, 0.1) is 0 Å². The van der Waals surface area contributed by atoms with Crippen molar-refractivity contribution < 1.29 is 84.2 Å². The molecule has 1 aromatic carbocycles. The number of hydrogen-bond acceptors (Lipinski definition) is 2. The van der Waals surface area contributed by atoms with E-state index in [1.165, 1.54) is 24.3 Å². The molecule has 0 fully saturated rings. The van der Waals surface area contributed by atoms with Gasteiger partial charge in [0.2, 0.25) is 0 Å². The number of benzene rings is 1. The van der Waals surface area contributed by atoms with E-state index in [4.69, 9.17) is 0 Å². The van der Waals surface area contributed by atoms with Crippen LogP contribution in [0.1, 0.15) is 5.56 Å². The van der Waals surface area contributed by atoms with E-state index < -0.39 is 53.8 Å². The van der Waals surface area contributed by atoms with Gasteiger partial charge in [-0.05, 0) is 5.56 Å². The first-order chi connectivity index (χ1) is 16.7. The summed E-state index contributed by atoms with van der Waals surface area (Å²) >= 11 is 0. The molecule has 0 unspecified atom stereocenters. The van der Waals surface area contributed by atoms with E-state index >= 15 is 0 Å². The van der Waals surface area contributed by atoms with Crippen molar-refractivity contribution in [1.82, 2.24) is 0 Å². The first kappa shape index (κ1) is 33.0. The minimum Gasteiger partial charge on any atom is -0.393 e. The predicted octanol–water partition coefficient (Wildman–Crippen LogP) is 7.77. The Kier molecular flexibility index (Phi) is 8.63. The predicted molar refractivity (Wildman–Crippen MR) is 91.4 cm³/mol. The number of allylic oxidation sites excluding steroid dienone is 2. The normalized spacial score (nSPS) is 15.4. The smallest absolute Gasteiger partial charge is 0.393 e. The Bertz CT molecular complexity index is 1040. The maximum atomic E-state index is 13.6. The summed E-state index contributed by atoms with van der Waals surface area (Å²) in [6.45, 7) is 0. The topological polar surface area (TPSA) is 26.3 Å². The van der Waals surface area contributed by atoms with Crippen molar-refractivity contribution in [2.45, 2.75) is 47.8 Å². The molecule has 0 spiro atoms. The van der Waals surface area contributed by atoms with Crippen molar-refractivity contribution in [1.29, 1.82) is 0 Å². The lowest BCUT2D eigenvalue weighted by molar-refractivity contribution is -0.473. The number of halogens is 17. The van der Waals surface area contributed by atoms with Crippen LogP contribution in [0.4, 0.5) is 74.6 Å². The van der Waals surface area contributed by atoms with E-state index in [2.05, 4.69) is 4.74 Å². The fourth-order valence-corrected chi connectivity index (χ4v) is 2.24. The Morgan fingerprint density at radius 3 is 1.37 bits per heavy atom. The molecular weight excluding hydrogens is 583 g/mol. The molecule has 0 saturated carbocycles. The molecule has 0 N–H and O–H groups in total. The third-order valence-corrected chi connectivity index (χ3v) is 4.35. The van der Waals surface area contributed by atoms with Gasteiger partial charge >= 0.3 is 53.8 Å². The Hall–Kier alpha value is -3.02. The Morgan fingerprint density at radius 1 is 0.553 bits per heavy atom. The number of carbonyl (C=O) groups excluding carboxylic acids is 1. The summed E-state index contributed by atoms with van der Waals surface area (Å²) in [5.41, 5.74) is 0.387. The molecule has 0 aliphatic rings. The van der Waals surface area contributed by atoms with E-state index in [-0.39, 0.29) is 6.08 Å². The Morgan fingerprint density at radius 2 is 0.947 bits per heavy atom. The van der Waals surface area contributed by atoms with Crippen molar-refractivity contribution in [2.24, 2.45) is 0 Å². The van der Waals surface area contributed by atoms with Gasteiger partial charge in [-0.1, -0.05) is 48.6 Å². The molecule has 216 valence electrons. The highest BCUT2D eigenvalue weighted by atomic mass is 19.4. The molecule has 0 aromatic heterocycles. The van der Waals surface area contributed by atoms with Crippen molar-refractivity contribution in [3.8, 4) is 0 Å². The van der Waals surface area contributed by atoms with Crippen LogP contribution < -0.4 is 0 Å². The first-order valence-corrected chi connectivity index (χ1v) is 9.06. The van der Waals surface area contributed by atoms with Crippen LogP contribution >= 0.6 is 0 Å². The third kappa shape index (κ3) is 5.27. The SMILES string of the molecule is O=C(C=CC=Cc1ccccc1)OC(F)(F)C(F)(F)C(F)(F)C(F)(F)C(F)(F)C(F)(F)C(F)(F)C(F)(F)F. The fourth-order valence-electron chi connectivity index (χ4n) is 2.24. The van der Waals surface area contributed by atoms with Crippen LogP contribution in [0.15, 0.2) is 48.6 Å². The monoisotopic (exact) mass is 592 g/mol. The summed E-state index contributed by atoms with van der Waals surface area (Å²) in [6.07, 6.45) is -12.9. The van der Waals surface area contributed by atoms with Crippen LogP contribution in [-0.2, 0) is 9.53 Å². The van der Waals surface area contributed by atoms with Gasteiger partial charge in [-0.15, -0.1) is 0 Å². The molecule has 0 saturated heterocycles. The molecule has 0 aliphatic carbocycles. The van der Waals surface area contributed by atoms with Crippen LogP contribution in [0.5, 0.6) is 0 Å². The maximum absolute atomic E-state index is 13.6. The Labute approximate surface area is 199 Å². The van der Waals surface area contributed by atoms with Crippen molar-refractivity contribution in [3.63, 3.8) is 0 Å². The number of rotatable bonds is 10. The number of ether oxygens (including phenoxy) is 1. The van der Waals surface area contributed by atoms with E-state index in [1.807, 2.05) is 0 Å². The standard InChI is InChI=1S/C19H9F17O2/c20-12(21,14(24,25)16(28,29)18(32,33)34)13(22,23)15(26,27)17(30,31)19(35,36)38-11(37)9-5-4-8-10-6-2-1-3-7-10/h1-9H. The third-order valence-electron chi connectivity index (χ3n) is 4.35. The second-order valence-electron chi connectivity index (χ2n) is 7.01. The molecule has 1 aromatic rings. The van der Waals surface area contributed by atoms with Gasteiger partial charge in [-0.25, -0.2) is 4.79 Å². The van der Waals surface area contributed by atoms with Gasteiger partial charge in [-0.2, -0.15) is 74.6 Å². The fraction of sp³-hybridized carbons (Fsp3) is 0.421. The lowest BCUT2D eigenvalue weighted by Crippen LogP contribution is -2.74. The van der Waals surface area contributed by atoms with Crippen LogP contribution in [-0.4, -0.2) is 53.8 Å². The molecule has 38 heavy (non-hydrogen) atoms. The molecule has 1 rings (SSSR count). The molecule has 0 amide bonds. The lowest BCUT2D eigenvalue weighted by atomic mass is 9.90. The second kappa shape index (κ2) is 9.94. The van der Waals surface area contributed by atoms with E-state index in [1.54, 1.807) is 6.07 Å². The summed E-state index contributed by atoms with van der Waals surface area (Å²) < 4.78 is 225. The molecule has 0 heterocycles. The number of hydrogen-bond donors (Lipinski definition) is 0. The van der Waals surface area contributed by atoms with Crippen molar-refractivity contribution in [2.75, 3.05) is 0 Å². The molecular formula is C19H9F17O2. The van der Waals surface area contributed by atoms with Gasteiger partial charge in [-0.3, -0.25) is 0 Å². The molecule has 0 aliphatic heterocycles. The van der Waals surface area contributed by atoms with Crippen LogP contribution in [0.2, 0.25) is 0 Å². The van der Waals surface area contributed by atoms with E-state index in [0.717, 1.165) is 12.2 Å². The van der Waals surface area contributed by atoms with Crippen LogP contribution in [0, 0.1) is 0 Å². The zero-order valence-electron chi connectivity index (χ0n) is 17.4. The molecule has 0 atom stereocenters. The average Bonchev–Trinajstić information content (AvgIpc) is 2.75. The highest BCUT2D eigenvalue weighted by Gasteiger charge is 2.95. The van der Waals surface area contributed by atoms with Crippen molar-refractivity contribution >= 4 is 12.0 Å². The minimum atomic E-state index is -8.76. The number of esters is 1. The van der Waals surface area contributed by atoms with E-state index in [9.17, 15) is 79.4 Å². The maximum Gasteiger partial charge on any atom is 0.473 e. The molecule has 0 bridgehead atoms. The molecule has 19 heteroatoms. The van der Waals surface area contributed by atoms with Crippen molar-refractivity contribution in [3.05, 3.63) is 54.1 Å². The van der Waals surface area contributed by atoms with Gasteiger partial charge in [0, 0.05) is 6.08 Å². The lowest BCUT2D eigenvalue weighted by Gasteiger charge is -2.42. The van der Waals surface area contributed by atoms with Gasteiger partial charge < -0.3 is 4.74 Å².